The van der Waals surface area contributed by atoms with Crippen LogP contribution in [0.2, 0.25) is 5.02 Å². The first-order valence-corrected chi connectivity index (χ1v) is 7.42. The predicted molar refractivity (Wildman–Crippen MR) is 81.5 cm³/mol. The number of nitrogens with zero attached hydrogens (tertiary/aromatic N) is 1. The van der Waals surface area contributed by atoms with Gasteiger partial charge in [-0.3, -0.25) is 10.1 Å². The molecule has 2 aromatic rings. The Kier molecular flexibility index (Phi) is 5.14. The van der Waals surface area contributed by atoms with Gasteiger partial charge in [-0.25, -0.2) is 0 Å². The van der Waals surface area contributed by atoms with Crippen LogP contribution in [0.5, 0.6) is 5.75 Å². The normalized spacial score (nSPS) is 10.4. The molecule has 7 heteroatoms. The monoisotopic (exact) mass is 373 g/mol. The third-order valence-corrected chi connectivity index (χ3v) is 3.69. The van der Waals surface area contributed by atoms with Crippen molar-refractivity contribution in [3.05, 3.63) is 68.5 Å². The Hall–Kier alpha value is -1.66. The molecular formula is C14H10BrClFNO3. The average molecular weight is 375 g/mol. The van der Waals surface area contributed by atoms with E-state index in [-0.39, 0.29) is 6.61 Å². The summed E-state index contributed by atoms with van der Waals surface area (Å²) in [5, 5.41) is 11.6. The number of alkyl halides is 1. The topological polar surface area (TPSA) is 52.4 Å². The van der Waals surface area contributed by atoms with Gasteiger partial charge in [0.25, 0.3) is 0 Å². The van der Waals surface area contributed by atoms with Gasteiger partial charge in [0, 0.05) is 17.0 Å². The largest absolute Gasteiger partial charge is 0.487 e. The SMILES string of the molecule is O=[N+]([O-])c1ccc(COc2c(Cl)cccc2CBr)cc1F. The van der Waals surface area contributed by atoms with E-state index in [4.69, 9.17) is 16.3 Å². The van der Waals surface area contributed by atoms with Crippen molar-refractivity contribution in [3.63, 3.8) is 0 Å². The fourth-order valence-corrected chi connectivity index (χ4v) is 2.45. The molecule has 0 aliphatic rings. The minimum absolute atomic E-state index is 0.0681. The van der Waals surface area contributed by atoms with E-state index in [9.17, 15) is 14.5 Å². The molecule has 110 valence electrons. The summed E-state index contributed by atoms with van der Waals surface area (Å²) in [5.74, 6) is -0.379. The third kappa shape index (κ3) is 3.71. The molecule has 0 aromatic heterocycles. The highest BCUT2D eigenvalue weighted by molar-refractivity contribution is 9.08. The van der Waals surface area contributed by atoms with Crippen LogP contribution in [-0.4, -0.2) is 4.92 Å². The van der Waals surface area contributed by atoms with Crippen LogP contribution in [0.25, 0.3) is 0 Å². The van der Waals surface area contributed by atoms with Gasteiger partial charge in [-0.1, -0.05) is 39.7 Å². The van der Waals surface area contributed by atoms with Crippen LogP contribution >= 0.6 is 27.5 Å². The summed E-state index contributed by atoms with van der Waals surface area (Å²) < 4.78 is 19.1. The Morgan fingerprint density at radius 1 is 1.33 bits per heavy atom. The predicted octanol–water partition coefficient (Wildman–Crippen LogP) is 4.86. The first-order chi connectivity index (χ1) is 10.0. The van der Waals surface area contributed by atoms with Gasteiger partial charge in [0.05, 0.1) is 9.95 Å². The fourth-order valence-electron chi connectivity index (χ4n) is 1.76. The highest BCUT2D eigenvalue weighted by atomic mass is 79.9. The molecule has 0 saturated carbocycles. The number of benzene rings is 2. The van der Waals surface area contributed by atoms with Crippen LogP contribution < -0.4 is 4.74 Å². The zero-order valence-corrected chi connectivity index (χ0v) is 13.0. The highest BCUT2D eigenvalue weighted by Gasteiger charge is 2.14. The summed E-state index contributed by atoms with van der Waals surface area (Å²) in [6, 6.07) is 9.00. The summed E-state index contributed by atoms with van der Waals surface area (Å²) in [6.45, 7) is 0.0681. The summed E-state index contributed by atoms with van der Waals surface area (Å²) in [4.78, 5) is 9.79. The van der Waals surface area contributed by atoms with Gasteiger partial charge in [-0.15, -0.1) is 0 Å². The molecule has 0 N–H and O–H groups in total. The molecule has 0 unspecified atom stereocenters. The number of hydrogen-bond acceptors (Lipinski definition) is 3. The summed E-state index contributed by atoms with van der Waals surface area (Å²) in [7, 11) is 0. The molecule has 4 nitrogen and oxygen atoms in total. The summed E-state index contributed by atoms with van der Waals surface area (Å²) in [6.07, 6.45) is 0. The second kappa shape index (κ2) is 6.87. The molecule has 0 amide bonds. The molecule has 0 bridgehead atoms. The van der Waals surface area contributed by atoms with E-state index < -0.39 is 16.4 Å². The number of rotatable bonds is 5. The Labute approximate surface area is 133 Å². The van der Waals surface area contributed by atoms with Crippen LogP contribution in [-0.2, 0) is 11.9 Å². The van der Waals surface area contributed by atoms with Crippen molar-refractivity contribution in [1.29, 1.82) is 0 Å². The maximum absolute atomic E-state index is 13.5. The highest BCUT2D eigenvalue weighted by Crippen LogP contribution is 2.31. The lowest BCUT2D eigenvalue weighted by Crippen LogP contribution is -2.00. The van der Waals surface area contributed by atoms with Gasteiger partial charge in [-0.05, 0) is 23.8 Å². The van der Waals surface area contributed by atoms with E-state index in [1.165, 1.54) is 6.07 Å². The summed E-state index contributed by atoms with van der Waals surface area (Å²) in [5.41, 5.74) is 0.793. The van der Waals surface area contributed by atoms with Gasteiger partial charge >= 0.3 is 5.69 Å². The number of halogens is 3. The van der Waals surface area contributed by atoms with Gasteiger partial charge < -0.3 is 4.74 Å². The van der Waals surface area contributed by atoms with Crippen LogP contribution in [0, 0.1) is 15.9 Å². The van der Waals surface area contributed by atoms with Gasteiger partial charge in [-0.2, -0.15) is 4.39 Å². The van der Waals surface area contributed by atoms with Crippen molar-refractivity contribution in [2.75, 3.05) is 0 Å². The Balaban J connectivity index is 2.17. The Bertz CT molecular complexity index is 681. The molecule has 2 aromatic carbocycles. The molecular weight excluding hydrogens is 365 g/mol. The van der Waals surface area contributed by atoms with E-state index in [1.54, 1.807) is 12.1 Å². The molecule has 0 saturated heterocycles. The average Bonchev–Trinajstić information content (AvgIpc) is 2.45. The molecule has 0 atom stereocenters. The molecule has 0 radical (unpaired) electrons. The minimum atomic E-state index is -0.888. The zero-order chi connectivity index (χ0) is 15.4. The van der Waals surface area contributed by atoms with Gasteiger partial charge in [0.2, 0.25) is 5.82 Å². The standard InChI is InChI=1S/C14H10BrClFNO3/c15-7-10-2-1-3-11(16)14(10)21-8-9-4-5-13(18(19)20)12(17)6-9/h1-6H,7-8H2. The maximum atomic E-state index is 13.5. The lowest BCUT2D eigenvalue weighted by molar-refractivity contribution is -0.387. The van der Waals surface area contributed by atoms with E-state index in [0.29, 0.717) is 21.7 Å². The first-order valence-electron chi connectivity index (χ1n) is 5.92. The number of hydrogen-bond donors (Lipinski definition) is 0. The van der Waals surface area contributed by atoms with E-state index in [1.807, 2.05) is 6.07 Å². The quantitative estimate of drug-likeness (QED) is 0.426. The van der Waals surface area contributed by atoms with Crippen LogP contribution in [0.1, 0.15) is 11.1 Å². The van der Waals surface area contributed by atoms with Crippen molar-refractivity contribution < 1.29 is 14.1 Å². The molecule has 0 heterocycles. The van der Waals surface area contributed by atoms with E-state index in [0.717, 1.165) is 17.7 Å². The maximum Gasteiger partial charge on any atom is 0.304 e. The van der Waals surface area contributed by atoms with E-state index >= 15 is 0 Å². The fraction of sp³-hybridized carbons (Fsp3) is 0.143. The Morgan fingerprint density at radius 2 is 2.10 bits per heavy atom. The van der Waals surface area contributed by atoms with Crippen molar-refractivity contribution >= 4 is 33.2 Å². The van der Waals surface area contributed by atoms with Crippen molar-refractivity contribution in [1.82, 2.24) is 0 Å². The molecule has 0 aliphatic heterocycles. The van der Waals surface area contributed by atoms with Gasteiger partial charge in [0.15, 0.2) is 0 Å². The van der Waals surface area contributed by atoms with Crippen LogP contribution in [0.3, 0.4) is 0 Å². The zero-order valence-electron chi connectivity index (χ0n) is 10.7. The molecule has 21 heavy (non-hydrogen) atoms. The number of ether oxygens (including phenoxy) is 1. The lowest BCUT2D eigenvalue weighted by Gasteiger charge is -2.11. The molecule has 0 spiro atoms. The number of nitro benzene ring substituents is 1. The minimum Gasteiger partial charge on any atom is -0.487 e. The van der Waals surface area contributed by atoms with Gasteiger partial charge in [0.1, 0.15) is 12.4 Å². The lowest BCUT2D eigenvalue weighted by atomic mass is 10.2. The second-order valence-electron chi connectivity index (χ2n) is 4.19. The molecule has 0 aliphatic carbocycles. The molecule has 0 fully saturated rings. The van der Waals surface area contributed by atoms with E-state index in [2.05, 4.69) is 15.9 Å². The molecule has 2 rings (SSSR count). The Morgan fingerprint density at radius 3 is 2.71 bits per heavy atom. The smallest absolute Gasteiger partial charge is 0.304 e. The van der Waals surface area contributed by atoms with Crippen LogP contribution in [0.15, 0.2) is 36.4 Å². The van der Waals surface area contributed by atoms with Crippen LogP contribution in [0.4, 0.5) is 10.1 Å². The second-order valence-corrected chi connectivity index (χ2v) is 5.16. The third-order valence-electron chi connectivity index (χ3n) is 2.78. The van der Waals surface area contributed by atoms with Crippen molar-refractivity contribution in [3.8, 4) is 5.75 Å². The van der Waals surface area contributed by atoms with Crippen molar-refractivity contribution in [2.24, 2.45) is 0 Å². The number of para-hydroxylation sites is 1. The van der Waals surface area contributed by atoms with Crippen molar-refractivity contribution in [2.45, 2.75) is 11.9 Å². The number of nitro groups is 1. The first kappa shape index (κ1) is 15.7. The summed E-state index contributed by atoms with van der Waals surface area (Å²) >= 11 is 9.40.